The van der Waals surface area contributed by atoms with Crippen molar-refractivity contribution in [2.24, 2.45) is 0 Å². The predicted molar refractivity (Wildman–Crippen MR) is 107 cm³/mol. The largest absolute Gasteiger partial charge is 0.480 e. The van der Waals surface area contributed by atoms with Crippen molar-refractivity contribution in [2.45, 2.75) is 32.1 Å². The van der Waals surface area contributed by atoms with E-state index in [9.17, 15) is 4.79 Å². The first-order chi connectivity index (χ1) is 12.1. The van der Waals surface area contributed by atoms with E-state index < -0.39 is 6.10 Å². The molecule has 3 nitrogen and oxygen atoms in total. The molecule has 0 spiro atoms. The van der Waals surface area contributed by atoms with E-state index in [1.165, 1.54) is 0 Å². The average Bonchev–Trinajstić information content (AvgIpc) is 2.62. The van der Waals surface area contributed by atoms with E-state index >= 15 is 0 Å². The monoisotopic (exact) mass is 377 g/mol. The van der Waals surface area contributed by atoms with Gasteiger partial charge < -0.3 is 10.1 Å². The Kier molecular flexibility index (Phi) is 8.16. The Morgan fingerprint density at radius 2 is 1.92 bits per heavy atom. The highest BCUT2D eigenvalue weighted by Crippen LogP contribution is 2.21. The van der Waals surface area contributed by atoms with Crippen LogP contribution in [0.3, 0.4) is 0 Å². The van der Waals surface area contributed by atoms with Crippen molar-refractivity contribution < 1.29 is 9.53 Å². The topological polar surface area (TPSA) is 38.3 Å². The number of carbonyl (C=O) groups excluding carboxylic acids is 1. The van der Waals surface area contributed by atoms with Crippen LogP contribution in [0.2, 0.25) is 5.02 Å². The van der Waals surface area contributed by atoms with Crippen molar-refractivity contribution in [2.75, 3.05) is 12.3 Å². The van der Waals surface area contributed by atoms with Gasteiger partial charge in [-0.3, -0.25) is 4.79 Å². The summed E-state index contributed by atoms with van der Waals surface area (Å²) in [5.74, 6) is 2.37. The summed E-state index contributed by atoms with van der Waals surface area (Å²) in [6.45, 7) is 4.54. The minimum Gasteiger partial charge on any atom is -0.480 e. The molecule has 2 rings (SSSR count). The predicted octanol–water partition coefficient (Wildman–Crippen LogP) is 4.86. The van der Waals surface area contributed by atoms with Gasteiger partial charge in [-0.05, 0) is 36.6 Å². The molecule has 1 amide bonds. The zero-order valence-electron chi connectivity index (χ0n) is 14.6. The number of benzene rings is 2. The number of nitrogens with one attached hydrogen (secondary N) is 1. The summed E-state index contributed by atoms with van der Waals surface area (Å²) in [6, 6.07) is 15.6. The Balaban J connectivity index is 1.73. The number of thioether (sulfide) groups is 1. The number of halogens is 1. The van der Waals surface area contributed by atoms with Gasteiger partial charge in [0.1, 0.15) is 5.75 Å². The number of aryl methyl sites for hydroxylation is 1. The van der Waals surface area contributed by atoms with Crippen molar-refractivity contribution in [3.63, 3.8) is 0 Å². The van der Waals surface area contributed by atoms with Gasteiger partial charge in [0.15, 0.2) is 6.10 Å². The highest BCUT2D eigenvalue weighted by molar-refractivity contribution is 7.98. The van der Waals surface area contributed by atoms with Gasteiger partial charge >= 0.3 is 0 Å². The van der Waals surface area contributed by atoms with Crippen molar-refractivity contribution >= 4 is 29.3 Å². The van der Waals surface area contributed by atoms with Gasteiger partial charge in [0.25, 0.3) is 5.91 Å². The standard InChI is InChI=1S/C20H24ClNO2S/c1-3-18(24-19-11-7-4-8-15(19)2)20(23)22-12-13-25-14-16-9-5-6-10-17(16)21/h4-11,18H,3,12-14H2,1-2H3,(H,22,23). The van der Waals surface area contributed by atoms with E-state index in [0.29, 0.717) is 13.0 Å². The number of amides is 1. The van der Waals surface area contributed by atoms with Gasteiger partial charge in [0.2, 0.25) is 0 Å². The third-order valence-corrected chi connectivity index (χ3v) is 5.16. The summed E-state index contributed by atoms with van der Waals surface area (Å²) >= 11 is 7.89. The summed E-state index contributed by atoms with van der Waals surface area (Å²) in [5, 5.41) is 3.75. The van der Waals surface area contributed by atoms with Gasteiger partial charge in [-0.1, -0.05) is 54.9 Å². The molecule has 0 fully saturated rings. The Labute approximate surface area is 159 Å². The first kappa shape index (κ1) is 19.7. The van der Waals surface area contributed by atoms with Crippen molar-refractivity contribution in [1.29, 1.82) is 0 Å². The molecule has 134 valence electrons. The molecule has 0 aliphatic carbocycles. The normalized spacial score (nSPS) is 11.8. The number of hydrogen-bond acceptors (Lipinski definition) is 3. The van der Waals surface area contributed by atoms with E-state index in [0.717, 1.165) is 33.4 Å². The second-order valence-corrected chi connectivity index (χ2v) is 7.23. The lowest BCUT2D eigenvalue weighted by atomic mass is 10.2. The number of para-hydroxylation sites is 1. The van der Waals surface area contributed by atoms with Crippen LogP contribution < -0.4 is 10.1 Å². The molecule has 1 atom stereocenters. The quantitative estimate of drug-likeness (QED) is 0.634. The van der Waals surface area contributed by atoms with Crippen LogP contribution in [0.4, 0.5) is 0 Å². The van der Waals surface area contributed by atoms with Gasteiger partial charge in [-0.15, -0.1) is 0 Å². The molecule has 0 aliphatic rings. The van der Waals surface area contributed by atoms with Gasteiger partial charge in [0.05, 0.1) is 0 Å². The van der Waals surface area contributed by atoms with Crippen LogP contribution in [0, 0.1) is 6.92 Å². The van der Waals surface area contributed by atoms with Crippen LogP contribution in [0.25, 0.3) is 0 Å². The van der Waals surface area contributed by atoms with E-state index in [1.807, 2.05) is 62.4 Å². The second kappa shape index (κ2) is 10.4. The maximum Gasteiger partial charge on any atom is 0.261 e. The fraction of sp³-hybridized carbons (Fsp3) is 0.350. The Hall–Kier alpha value is -1.65. The number of ether oxygens (including phenoxy) is 1. The third kappa shape index (κ3) is 6.29. The smallest absolute Gasteiger partial charge is 0.261 e. The molecule has 25 heavy (non-hydrogen) atoms. The molecule has 2 aromatic rings. The van der Waals surface area contributed by atoms with Crippen molar-refractivity contribution in [1.82, 2.24) is 5.32 Å². The van der Waals surface area contributed by atoms with E-state index in [-0.39, 0.29) is 5.91 Å². The molecule has 0 saturated carbocycles. The molecule has 0 heterocycles. The Morgan fingerprint density at radius 3 is 2.64 bits per heavy atom. The van der Waals surface area contributed by atoms with Gasteiger partial charge in [0, 0.05) is 23.1 Å². The van der Waals surface area contributed by atoms with Crippen molar-refractivity contribution in [3.05, 3.63) is 64.7 Å². The lowest BCUT2D eigenvalue weighted by Crippen LogP contribution is -2.39. The molecule has 2 aromatic carbocycles. The molecule has 1 N–H and O–H groups in total. The highest BCUT2D eigenvalue weighted by Gasteiger charge is 2.18. The lowest BCUT2D eigenvalue weighted by Gasteiger charge is -2.18. The van der Waals surface area contributed by atoms with E-state index in [2.05, 4.69) is 5.32 Å². The van der Waals surface area contributed by atoms with Gasteiger partial charge in [-0.25, -0.2) is 0 Å². The summed E-state index contributed by atoms with van der Waals surface area (Å²) < 4.78 is 5.86. The Morgan fingerprint density at radius 1 is 1.20 bits per heavy atom. The molecule has 0 aromatic heterocycles. The van der Waals surface area contributed by atoms with Crippen LogP contribution in [0.1, 0.15) is 24.5 Å². The SMILES string of the molecule is CCC(Oc1ccccc1C)C(=O)NCCSCc1ccccc1Cl. The van der Waals surface area contributed by atoms with Crippen LogP contribution in [0.15, 0.2) is 48.5 Å². The molecule has 5 heteroatoms. The summed E-state index contributed by atoms with van der Waals surface area (Å²) in [7, 11) is 0. The molecule has 0 radical (unpaired) electrons. The third-order valence-electron chi connectivity index (χ3n) is 3.79. The van der Waals surface area contributed by atoms with E-state index in [1.54, 1.807) is 11.8 Å². The molecule has 1 unspecified atom stereocenters. The number of rotatable bonds is 9. The maximum atomic E-state index is 12.3. The first-order valence-electron chi connectivity index (χ1n) is 8.43. The first-order valence-corrected chi connectivity index (χ1v) is 9.96. The summed E-state index contributed by atoms with van der Waals surface area (Å²) in [6.07, 6.45) is 0.169. The van der Waals surface area contributed by atoms with Crippen LogP contribution >= 0.6 is 23.4 Å². The molecular formula is C20H24ClNO2S. The molecule has 0 bridgehead atoms. The maximum absolute atomic E-state index is 12.3. The summed E-state index contributed by atoms with van der Waals surface area (Å²) in [5.41, 5.74) is 2.15. The lowest BCUT2D eigenvalue weighted by molar-refractivity contribution is -0.128. The van der Waals surface area contributed by atoms with Crippen LogP contribution in [-0.2, 0) is 10.5 Å². The number of carbonyl (C=O) groups is 1. The average molecular weight is 378 g/mol. The molecule has 0 saturated heterocycles. The second-order valence-electron chi connectivity index (χ2n) is 5.72. The van der Waals surface area contributed by atoms with Crippen molar-refractivity contribution in [3.8, 4) is 5.75 Å². The van der Waals surface area contributed by atoms with Crippen LogP contribution in [0.5, 0.6) is 5.75 Å². The zero-order valence-corrected chi connectivity index (χ0v) is 16.2. The highest BCUT2D eigenvalue weighted by atomic mass is 35.5. The van der Waals surface area contributed by atoms with E-state index in [4.69, 9.17) is 16.3 Å². The van der Waals surface area contributed by atoms with Crippen LogP contribution in [-0.4, -0.2) is 24.3 Å². The van der Waals surface area contributed by atoms with Gasteiger partial charge in [-0.2, -0.15) is 11.8 Å². The Bertz CT molecular complexity index is 693. The minimum absolute atomic E-state index is 0.0657. The fourth-order valence-electron chi connectivity index (χ4n) is 2.32. The summed E-state index contributed by atoms with van der Waals surface area (Å²) in [4.78, 5) is 12.3. The minimum atomic E-state index is -0.463. The fourth-order valence-corrected chi connectivity index (χ4v) is 3.47. The molecule has 0 aliphatic heterocycles. The molecular weight excluding hydrogens is 354 g/mol. The number of hydrogen-bond donors (Lipinski definition) is 1. The zero-order chi connectivity index (χ0) is 18.1.